The minimum absolute atomic E-state index is 0.133. The van der Waals surface area contributed by atoms with Crippen LogP contribution >= 0.6 is 64.8 Å². The molecular formula is C30H64N2O3S6. The van der Waals surface area contributed by atoms with Gasteiger partial charge >= 0.3 is 5.97 Å². The molecule has 0 aromatic heterocycles. The van der Waals surface area contributed by atoms with Gasteiger partial charge in [0.1, 0.15) is 0 Å². The van der Waals surface area contributed by atoms with Crippen molar-refractivity contribution >= 4 is 82.4 Å². The van der Waals surface area contributed by atoms with Gasteiger partial charge in [0.05, 0.1) is 0 Å². The average Bonchev–Trinajstić information content (AvgIpc) is 2.91. The maximum absolute atomic E-state index is 10.1. The molecule has 11 heteroatoms. The number of nitrogens with one attached hydrogen (secondary N) is 1. The summed E-state index contributed by atoms with van der Waals surface area (Å²) in [6.45, 7) is 29.0. The summed E-state index contributed by atoms with van der Waals surface area (Å²) in [7, 11) is 11.8. The number of hydrogen-bond donors (Lipinski definition) is 2. The second-order valence-electron chi connectivity index (χ2n) is 9.36. The Labute approximate surface area is 279 Å². The molecule has 248 valence electrons. The van der Waals surface area contributed by atoms with Gasteiger partial charge in [-0.25, -0.2) is 10.2 Å². The Morgan fingerprint density at radius 1 is 0.854 bits per heavy atom. The highest BCUT2D eigenvalue weighted by Gasteiger charge is 2.14. The maximum Gasteiger partial charge on any atom is 0.328 e. The molecule has 0 radical (unpaired) electrons. The molecule has 0 fully saturated rings. The first-order valence-corrected chi connectivity index (χ1v) is 21.8. The molecule has 41 heavy (non-hydrogen) atoms. The van der Waals surface area contributed by atoms with Gasteiger partial charge in [0.25, 0.3) is 0 Å². The van der Waals surface area contributed by atoms with Gasteiger partial charge in [0.15, 0.2) is 0 Å². The summed E-state index contributed by atoms with van der Waals surface area (Å²) in [6, 6.07) is 0. The number of hydrogen-bond acceptors (Lipinski definition) is 9. The first-order valence-electron chi connectivity index (χ1n) is 14.6. The molecule has 1 unspecified atom stereocenters. The third-order valence-corrected chi connectivity index (χ3v) is 13.4. The molecule has 0 spiro atoms. The van der Waals surface area contributed by atoms with E-state index in [1.807, 2.05) is 92.5 Å². The summed E-state index contributed by atoms with van der Waals surface area (Å²) in [5.41, 5.74) is 4.08. The molecule has 0 aliphatic carbocycles. The van der Waals surface area contributed by atoms with Crippen LogP contribution in [0.15, 0.2) is 16.8 Å². The zero-order chi connectivity index (χ0) is 33.1. The highest BCUT2D eigenvalue weighted by Crippen LogP contribution is 2.37. The summed E-state index contributed by atoms with van der Waals surface area (Å²) in [4.78, 5) is 20.1. The molecule has 0 saturated heterocycles. The Morgan fingerprint density at radius 2 is 1.39 bits per heavy atom. The number of amides is 1. The minimum atomic E-state index is -0.846. The van der Waals surface area contributed by atoms with Gasteiger partial charge in [0, 0.05) is 51.7 Å². The number of carboxylic acid groups (broad SMARTS) is 1. The van der Waals surface area contributed by atoms with Gasteiger partial charge in [-0.3, -0.25) is 4.79 Å². The van der Waals surface area contributed by atoms with Gasteiger partial charge in [-0.1, -0.05) is 132 Å². The van der Waals surface area contributed by atoms with Gasteiger partial charge in [-0.15, -0.1) is 0 Å². The molecule has 0 rings (SSSR count). The summed E-state index contributed by atoms with van der Waals surface area (Å²) in [5, 5.41) is 12.7. The number of carbonyl (C=O) groups is 2. The van der Waals surface area contributed by atoms with E-state index in [-0.39, 0.29) is 5.91 Å². The van der Waals surface area contributed by atoms with Gasteiger partial charge in [0.2, 0.25) is 5.91 Å². The Balaban J connectivity index is -0.000000132. The van der Waals surface area contributed by atoms with Crippen LogP contribution in [-0.4, -0.2) is 55.7 Å². The topological polar surface area (TPSA) is 78.8 Å². The summed E-state index contributed by atoms with van der Waals surface area (Å²) in [6.07, 6.45) is 6.99. The van der Waals surface area contributed by atoms with Crippen molar-refractivity contribution in [3.63, 3.8) is 0 Å². The van der Waals surface area contributed by atoms with E-state index in [2.05, 4.69) is 72.8 Å². The largest absolute Gasteiger partial charge is 0.478 e. The summed E-state index contributed by atoms with van der Waals surface area (Å²) in [5.74, 6) is 4.01. The van der Waals surface area contributed by atoms with Crippen molar-refractivity contribution in [2.45, 2.75) is 139 Å². The van der Waals surface area contributed by atoms with Crippen LogP contribution in [0, 0.1) is 0 Å². The molecule has 0 aromatic rings. The molecule has 0 bridgehead atoms. The number of carbonyl (C=O) groups excluding carboxylic acids is 1. The fourth-order valence-electron chi connectivity index (χ4n) is 1.62. The average molecular weight is 693 g/mol. The van der Waals surface area contributed by atoms with E-state index in [4.69, 9.17) is 5.11 Å². The molecule has 0 saturated carbocycles. The van der Waals surface area contributed by atoms with Gasteiger partial charge in [-0.2, -0.15) is 5.10 Å². The summed E-state index contributed by atoms with van der Waals surface area (Å²) < 4.78 is 0.473. The molecule has 0 aliphatic rings. The zero-order valence-electron chi connectivity index (χ0n) is 28.7. The van der Waals surface area contributed by atoms with Crippen LogP contribution in [0.4, 0.5) is 0 Å². The van der Waals surface area contributed by atoms with E-state index < -0.39 is 5.97 Å². The van der Waals surface area contributed by atoms with E-state index in [0.717, 1.165) is 29.4 Å². The lowest BCUT2D eigenvalue weighted by atomic mass is 10.1. The first kappa shape index (κ1) is 51.0. The molecular weight excluding hydrogens is 629 g/mol. The predicted octanol–water partition coefficient (Wildman–Crippen LogP) is 11.9. The Morgan fingerprint density at radius 3 is 1.71 bits per heavy atom. The highest BCUT2D eigenvalue weighted by atomic mass is 33.1. The Bertz CT molecular complexity index is 625. The quantitative estimate of drug-likeness (QED) is 0.0540. The lowest BCUT2D eigenvalue weighted by Gasteiger charge is -2.19. The van der Waals surface area contributed by atoms with Crippen molar-refractivity contribution < 1.29 is 14.7 Å². The van der Waals surface area contributed by atoms with E-state index in [1.54, 1.807) is 0 Å². The minimum Gasteiger partial charge on any atom is -0.478 e. The smallest absolute Gasteiger partial charge is 0.328 e. The number of carboxylic acids is 1. The van der Waals surface area contributed by atoms with Crippen LogP contribution in [-0.2, 0) is 9.59 Å². The van der Waals surface area contributed by atoms with Gasteiger partial charge < -0.3 is 5.11 Å². The number of hydrazone groups is 1. The number of rotatable bonds is 16. The van der Waals surface area contributed by atoms with Crippen LogP contribution in [0.2, 0.25) is 0 Å². The van der Waals surface area contributed by atoms with Crippen molar-refractivity contribution in [2.24, 2.45) is 5.10 Å². The van der Waals surface area contributed by atoms with Crippen LogP contribution < -0.4 is 5.43 Å². The Kier molecular flexibility index (Phi) is 50.4. The highest BCUT2D eigenvalue weighted by molar-refractivity contribution is 8.77. The molecule has 0 aromatic carbocycles. The van der Waals surface area contributed by atoms with E-state index in [9.17, 15) is 9.59 Å². The van der Waals surface area contributed by atoms with Crippen molar-refractivity contribution in [1.82, 2.24) is 5.43 Å². The second-order valence-corrected chi connectivity index (χ2v) is 18.6. The molecule has 0 aliphatic heterocycles. The second kappa shape index (κ2) is 40.5. The molecule has 1 amide bonds. The van der Waals surface area contributed by atoms with Crippen molar-refractivity contribution in [3.05, 3.63) is 11.6 Å². The third-order valence-electron chi connectivity index (χ3n) is 4.12. The number of allylic oxidation sites excluding steroid dienone is 1. The predicted molar refractivity (Wildman–Crippen MR) is 205 cm³/mol. The van der Waals surface area contributed by atoms with E-state index in [1.165, 1.54) is 55.3 Å². The lowest BCUT2D eigenvalue weighted by molar-refractivity contribution is -0.131. The zero-order valence-corrected chi connectivity index (χ0v) is 33.6. The standard InChI is InChI=1S/C7H12O2.C7H16S2.C6H14S2.C5H10N2O.C5H12S2/c1-3-4-6(2)5-7(8)9;1-5-7(3,4)9-8-6-2;1-4-6(3)8-7-5-2;1-4(2)6-7-5(3)8;1-3-5-7-6-4-2/h5H,3-4H2,1-2H3,(H,8,9);5-6H2,1-4H3;6H,4-5H2,1-3H3;1-3H3,(H,7,8);3-5H2,1-2H3/b6-5-;;;;. The molecule has 5 nitrogen and oxygen atoms in total. The normalized spacial score (nSPS) is 11.0. The third kappa shape index (κ3) is 64.5. The van der Waals surface area contributed by atoms with Crippen LogP contribution in [0.25, 0.3) is 0 Å². The fourth-order valence-corrected chi connectivity index (χ4v) is 7.66. The first-order chi connectivity index (χ1) is 19.1. The summed E-state index contributed by atoms with van der Waals surface area (Å²) >= 11 is 0. The molecule has 0 heterocycles. The van der Waals surface area contributed by atoms with E-state index >= 15 is 0 Å². The van der Waals surface area contributed by atoms with Crippen molar-refractivity contribution in [1.29, 1.82) is 0 Å². The SMILES string of the molecule is CC(=O)NN=C(C)C.CCC/C(C)=C\C(=O)O.CCCSSCC.CCSSC(C)(C)CC.CCSSC(C)CC. The Hall–Kier alpha value is 0.450. The van der Waals surface area contributed by atoms with Gasteiger partial charge in [-0.05, 0) is 60.3 Å². The van der Waals surface area contributed by atoms with E-state index in [0.29, 0.717) is 4.75 Å². The number of aliphatic carboxylic acids is 1. The van der Waals surface area contributed by atoms with Crippen molar-refractivity contribution in [2.75, 3.05) is 23.0 Å². The molecule has 1 atom stereocenters. The molecule has 2 N–H and O–H groups in total. The fraction of sp³-hybridized carbons (Fsp3) is 0.833. The van der Waals surface area contributed by atoms with Crippen LogP contribution in [0.1, 0.15) is 129 Å². The maximum atomic E-state index is 10.1. The lowest BCUT2D eigenvalue weighted by Crippen LogP contribution is -2.13. The van der Waals surface area contributed by atoms with Crippen LogP contribution in [0.3, 0.4) is 0 Å². The van der Waals surface area contributed by atoms with Crippen molar-refractivity contribution in [3.8, 4) is 0 Å². The number of nitrogens with zero attached hydrogens (tertiary/aromatic N) is 1. The van der Waals surface area contributed by atoms with Crippen LogP contribution in [0.5, 0.6) is 0 Å². The monoisotopic (exact) mass is 692 g/mol.